The monoisotopic (exact) mass is 321 g/mol. The van der Waals surface area contributed by atoms with Crippen molar-refractivity contribution in [2.45, 2.75) is 32.4 Å². The summed E-state index contributed by atoms with van der Waals surface area (Å²) in [5, 5.41) is 3.34. The number of nitrogens with zero attached hydrogens (tertiary/aromatic N) is 1. The Labute approximate surface area is 135 Å². The van der Waals surface area contributed by atoms with Crippen LogP contribution in [-0.2, 0) is 16.1 Å². The number of ether oxygens (including phenoxy) is 2. The first-order valence-corrected chi connectivity index (χ1v) is 7.53. The van der Waals surface area contributed by atoms with Crippen LogP contribution in [-0.4, -0.2) is 36.2 Å². The molecule has 0 bridgehead atoms. The number of carbonyl (C=O) groups is 2. The van der Waals surface area contributed by atoms with E-state index < -0.39 is 17.5 Å². The molecule has 1 heterocycles. The van der Waals surface area contributed by atoms with E-state index in [0.717, 1.165) is 11.3 Å². The van der Waals surface area contributed by atoms with E-state index in [-0.39, 0.29) is 5.92 Å². The van der Waals surface area contributed by atoms with Gasteiger partial charge in [0.1, 0.15) is 11.3 Å². The van der Waals surface area contributed by atoms with Crippen LogP contribution in [0, 0.1) is 5.92 Å². The maximum absolute atomic E-state index is 12.3. The molecule has 1 atom stereocenters. The Balaban J connectivity index is 1.90. The molecule has 7 nitrogen and oxygen atoms in total. The molecule has 1 unspecified atom stereocenters. The zero-order valence-electron chi connectivity index (χ0n) is 13.7. The Bertz CT molecular complexity index is 573. The molecule has 1 aromatic rings. The fourth-order valence-electron chi connectivity index (χ4n) is 2.61. The van der Waals surface area contributed by atoms with Crippen molar-refractivity contribution >= 4 is 11.9 Å². The molecular weight excluding hydrogens is 298 g/mol. The van der Waals surface area contributed by atoms with Gasteiger partial charge in [-0.2, -0.15) is 5.01 Å². The van der Waals surface area contributed by atoms with Gasteiger partial charge in [0.25, 0.3) is 5.91 Å². The van der Waals surface area contributed by atoms with E-state index in [4.69, 9.17) is 15.3 Å². The van der Waals surface area contributed by atoms with E-state index in [1.54, 1.807) is 7.11 Å². The lowest BCUT2D eigenvalue weighted by Gasteiger charge is -2.30. The number of nitrogens with one attached hydrogen (secondary N) is 1. The van der Waals surface area contributed by atoms with Crippen molar-refractivity contribution in [3.05, 3.63) is 29.8 Å². The first-order valence-electron chi connectivity index (χ1n) is 7.53. The summed E-state index contributed by atoms with van der Waals surface area (Å²) in [4.78, 5) is 23.9. The number of rotatable bonds is 7. The fraction of sp³-hybridized carbons (Fsp3) is 0.500. The predicted molar refractivity (Wildman–Crippen MR) is 84.4 cm³/mol. The molecule has 7 heteroatoms. The molecule has 126 valence electrons. The quantitative estimate of drug-likeness (QED) is 0.343. The molecule has 0 aromatic heterocycles. The molecule has 3 N–H and O–H groups in total. The summed E-state index contributed by atoms with van der Waals surface area (Å²) in [5.74, 6) is 5.77. The summed E-state index contributed by atoms with van der Waals surface area (Å²) in [7, 11) is 1.62. The van der Waals surface area contributed by atoms with E-state index in [2.05, 4.69) is 5.32 Å². The molecule has 0 spiro atoms. The van der Waals surface area contributed by atoms with Gasteiger partial charge in [0, 0.05) is 13.0 Å². The highest BCUT2D eigenvalue weighted by atomic mass is 16.5. The smallest absolute Gasteiger partial charge is 0.339 e. The van der Waals surface area contributed by atoms with Crippen molar-refractivity contribution in [2.24, 2.45) is 11.8 Å². The van der Waals surface area contributed by atoms with E-state index >= 15 is 0 Å². The molecule has 1 fully saturated rings. The Morgan fingerprint density at radius 2 is 1.91 bits per heavy atom. The van der Waals surface area contributed by atoms with Crippen molar-refractivity contribution in [1.29, 1.82) is 0 Å². The van der Waals surface area contributed by atoms with Crippen LogP contribution in [0.4, 0.5) is 4.79 Å². The summed E-state index contributed by atoms with van der Waals surface area (Å²) in [5.41, 5.74) is 0.0118. The summed E-state index contributed by atoms with van der Waals surface area (Å²) in [6, 6.07) is 6.99. The van der Waals surface area contributed by atoms with Crippen molar-refractivity contribution < 1.29 is 19.1 Å². The van der Waals surface area contributed by atoms with E-state index in [1.165, 1.54) is 0 Å². The van der Waals surface area contributed by atoms with E-state index in [9.17, 15) is 9.59 Å². The summed E-state index contributed by atoms with van der Waals surface area (Å²) in [6.45, 7) is 4.51. The minimum absolute atomic E-state index is 0.0860. The zero-order valence-corrected chi connectivity index (χ0v) is 13.7. The van der Waals surface area contributed by atoms with Crippen molar-refractivity contribution in [1.82, 2.24) is 10.3 Å². The number of carbonyl (C=O) groups excluding carboxylic acids is 2. The van der Waals surface area contributed by atoms with Crippen LogP contribution >= 0.6 is 0 Å². The molecule has 1 saturated heterocycles. The molecule has 1 aliphatic heterocycles. The highest BCUT2D eigenvalue weighted by molar-refractivity contribution is 6.06. The first-order chi connectivity index (χ1) is 10.9. The van der Waals surface area contributed by atoms with Crippen molar-refractivity contribution in [3.8, 4) is 5.75 Å². The maximum atomic E-state index is 12.3. The van der Waals surface area contributed by atoms with Gasteiger partial charge in [0.15, 0.2) is 0 Å². The average molecular weight is 321 g/mol. The topological polar surface area (TPSA) is 93.9 Å². The predicted octanol–water partition coefficient (Wildman–Crippen LogP) is 1.42. The second kappa shape index (κ2) is 6.97. The van der Waals surface area contributed by atoms with Crippen molar-refractivity contribution in [3.63, 3.8) is 0 Å². The molecule has 3 amide bonds. The molecule has 0 aliphatic carbocycles. The average Bonchev–Trinajstić information content (AvgIpc) is 2.77. The molecule has 1 aliphatic rings. The second-order valence-corrected chi connectivity index (χ2v) is 5.88. The van der Waals surface area contributed by atoms with Crippen LogP contribution < -0.4 is 15.9 Å². The van der Waals surface area contributed by atoms with Crippen LogP contribution in [0.3, 0.4) is 0 Å². The number of urea groups is 1. The maximum Gasteiger partial charge on any atom is 0.339 e. The van der Waals surface area contributed by atoms with Gasteiger partial charge in [-0.1, -0.05) is 26.0 Å². The Hall–Kier alpha value is -2.12. The van der Waals surface area contributed by atoms with Crippen LogP contribution in [0.1, 0.15) is 25.8 Å². The molecular formula is C16H23N3O4. The van der Waals surface area contributed by atoms with Gasteiger partial charge in [-0.15, -0.1) is 0 Å². The van der Waals surface area contributed by atoms with Crippen LogP contribution in [0.5, 0.6) is 5.75 Å². The zero-order chi connectivity index (χ0) is 17.0. The Kier molecular flexibility index (Phi) is 5.23. The number of imide groups is 1. The number of hydrogen-bond donors (Lipinski definition) is 2. The van der Waals surface area contributed by atoms with Gasteiger partial charge in [0.2, 0.25) is 0 Å². The highest BCUT2D eigenvalue weighted by Gasteiger charge is 2.52. The third-order valence-corrected chi connectivity index (χ3v) is 4.20. The third kappa shape index (κ3) is 3.46. The lowest BCUT2D eigenvalue weighted by molar-refractivity contribution is -0.133. The molecule has 23 heavy (non-hydrogen) atoms. The number of hydrogen-bond acceptors (Lipinski definition) is 5. The number of hydrazine groups is 1. The molecule has 0 saturated carbocycles. The summed E-state index contributed by atoms with van der Waals surface area (Å²) < 4.78 is 10.7. The van der Waals surface area contributed by atoms with Gasteiger partial charge in [0.05, 0.1) is 13.7 Å². The van der Waals surface area contributed by atoms with Crippen LogP contribution in [0.15, 0.2) is 24.3 Å². The number of methoxy groups -OCH3 is 1. The van der Waals surface area contributed by atoms with E-state index in [0.29, 0.717) is 24.6 Å². The normalized spacial score (nSPS) is 21.0. The SMILES string of the molecule is COc1ccc(COCCC2(C(C)C)NC(=O)N(N)C2=O)cc1. The lowest BCUT2D eigenvalue weighted by atomic mass is 9.83. The Morgan fingerprint density at radius 1 is 1.26 bits per heavy atom. The number of benzene rings is 1. The van der Waals surface area contributed by atoms with Crippen LogP contribution in [0.25, 0.3) is 0 Å². The van der Waals surface area contributed by atoms with Gasteiger partial charge < -0.3 is 14.8 Å². The second-order valence-electron chi connectivity index (χ2n) is 5.88. The summed E-state index contributed by atoms with van der Waals surface area (Å²) >= 11 is 0. The minimum Gasteiger partial charge on any atom is -0.497 e. The van der Waals surface area contributed by atoms with Gasteiger partial charge in [-0.05, 0) is 23.6 Å². The number of nitrogens with two attached hydrogens (primary N) is 1. The third-order valence-electron chi connectivity index (χ3n) is 4.20. The Morgan fingerprint density at radius 3 is 2.39 bits per heavy atom. The van der Waals surface area contributed by atoms with Gasteiger partial charge in [-0.3, -0.25) is 4.79 Å². The standard InChI is InChI=1S/C16H23N3O4/c1-11(2)16(14(20)19(17)15(21)18-16)8-9-23-10-12-4-6-13(22-3)7-5-12/h4-7,11H,8-10,17H2,1-3H3,(H,18,21). The molecule has 1 aromatic carbocycles. The first kappa shape index (κ1) is 17.2. The van der Waals surface area contributed by atoms with E-state index in [1.807, 2.05) is 38.1 Å². The van der Waals surface area contributed by atoms with Crippen molar-refractivity contribution in [2.75, 3.05) is 13.7 Å². The van der Waals surface area contributed by atoms with Crippen LogP contribution in [0.2, 0.25) is 0 Å². The lowest BCUT2D eigenvalue weighted by Crippen LogP contribution is -2.52. The van der Waals surface area contributed by atoms with Gasteiger partial charge in [-0.25, -0.2) is 10.6 Å². The molecule has 2 rings (SSSR count). The fourth-order valence-corrected chi connectivity index (χ4v) is 2.61. The minimum atomic E-state index is -0.994. The number of amides is 3. The molecule has 0 radical (unpaired) electrons. The largest absolute Gasteiger partial charge is 0.497 e. The highest BCUT2D eigenvalue weighted by Crippen LogP contribution is 2.28. The van der Waals surface area contributed by atoms with Gasteiger partial charge >= 0.3 is 6.03 Å². The summed E-state index contributed by atoms with van der Waals surface area (Å²) in [6.07, 6.45) is 0.374.